The van der Waals surface area contributed by atoms with Crippen molar-refractivity contribution in [3.63, 3.8) is 0 Å². The summed E-state index contributed by atoms with van der Waals surface area (Å²) in [5.74, 6) is 0. The first kappa shape index (κ1) is 13.1. The van der Waals surface area contributed by atoms with Gasteiger partial charge < -0.3 is 4.98 Å². The molecule has 0 saturated carbocycles. The minimum absolute atomic E-state index is 0.135. The topological polar surface area (TPSA) is 114 Å². The van der Waals surface area contributed by atoms with E-state index in [4.69, 9.17) is 5.26 Å². The van der Waals surface area contributed by atoms with Crippen LogP contribution >= 0.6 is 11.8 Å². The molecule has 0 atom stereocenters. The van der Waals surface area contributed by atoms with Crippen molar-refractivity contribution in [3.05, 3.63) is 32.1 Å². The first-order valence-electron chi connectivity index (χ1n) is 4.64. The smallest absolute Gasteiger partial charge is 0.309 e. The molecule has 1 aromatic heterocycles. The molecule has 0 unspecified atom stereocenters. The van der Waals surface area contributed by atoms with E-state index in [1.54, 1.807) is 19.4 Å². The lowest BCUT2D eigenvalue weighted by Gasteiger charge is -2.02. The summed E-state index contributed by atoms with van der Waals surface area (Å²) in [7, 11) is 0. The van der Waals surface area contributed by atoms with Gasteiger partial charge in [0.05, 0.1) is 6.54 Å². The van der Waals surface area contributed by atoms with Crippen molar-refractivity contribution in [2.24, 2.45) is 4.99 Å². The van der Waals surface area contributed by atoms with E-state index in [1.807, 2.05) is 0 Å². The quantitative estimate of drug-likeness (QED) is 0.289. The van der Waals surface area contributed by atoms with Gasteiger partial charge in [0.1, 0.15) is 0 Å². The number of nitrogens with zero attached hydrogens (tertiary/aromatic N) is 2. The lowest BCUT2D eigenvalue weighted by Crippen LogP contribution is -2.26. The number of amidine groups is 1. The highest BCUT2D eigenvalue weighted by Gasteiger charge is 2.04. The number of rotatable bonds is 2. The fraction of sp³-hybridized carbons (Fsp3) is 0.333. The summed E-state index contributed by atoms with van der Waals surface area (Å²) in [6, 6.07) is 0. The zero-order valence-electron chi connectivity index (χ0n) is 9.33. The lowest BCUT2D eigenvalue weighted by molar-refractivity contribution is 0.888. The van der Waals surface area contributed by atoms with Gasteiger partial charge in [-0.2, -0.15) is 5.26 Å². The zero-order valence-corrected chi connectivity index (χ0v) is 10.1. The second kappa shape index (κ2) is 5.91. The van der Waals surface area contributed by atoms with Gasteiger partial charge in [0.2, 0.25) is 0 Å². The van der Waals surface area contributed by atoms with E-state index >= 15 is 0 Å². The van der Waals surface area contributed by atoms with E-state index in [9.17, 15) is 9.59 Å². The van der Waals surface area contributed by atoms with E-state index in [2.05, 4.69) is 20.3 Å². The SMILES string of the molecule is CSC(=NCc1[nH]c(=O)[nH]c(=O)c1C)NC#N. The maximum atomic E-state index is 11.3. The highest BCUT2D eigenvalue weighted by atomic mass is 32.2. The van der Waals surface area contributed by atoms with Crippen LogP contribution in [0.3, 0.4) is 0 Å². The summed E-state index contributed by atoms with van der Waals surface area (Å²) < 4.78 is 0. The van der Waals surface area contributed by atoms with Gasteiger partial charge in [-0.15, -0.1) is 0 Å². The Morgan fingerprint density at radius 1 is 1.53 bits per heavy atom. The monoisotopic (exact) mass is 253 g/mol. The molecule has 0 aliphatic rings. The van der Waals surface area contributed by atoms with Crippen LogP contribution in [-0.2, 0) is 6.54 Å². The Morgan fingerprint density at radius 2 is 2.24 bits per heavy atom. The number of H-pyrrole nitrogens is 2. The normalized spacial score (nSPS) is 11.0. The highest BCUT2D eigenvalue weighted by Crippen LogP contribution is 2.01. The first-order chi connectivity index (χ1) is 8.08. The van der Waals surface area contributed by atoms with Gasteiger partial charge in [-0.25, -0.2) is 4.79 Å². The average Bonchev–Trinajstić information content (AvgIpc) is 2.30. The Kier molecular flexibility index (Phi) is 4.54. The average molecular weight is 253 g/mol. The second-order valence-corrected chi connectivity index (χ2v) is 3.87. The summed E-state index contributed by atoms with van der Waals surface area (Å²) in [4.78, 5) is 31.1. The predicted molar refractivity (Wildman–Crippen MR) is 65.8 cm³/mol. The van der Waals surface area contributed by atoms with Gasteiger partial charge in [-0.3, -0.25) is 20.1 Å². The molecule has 8 heteroatoms. The van der Waals surface area contributed by atoms with Crippen LogP contribution in [0.5, 0.6) is 0 Å². The number of nitriles is 1. The molecular formula is C9H11N5O2S. The van der Waals surface area contributed by atoms with Crippen LogP contribution in [0.15, 0.2) is 14.6 Å². The molecule has 1 heterocycles. The number of nitrogens with one attached hydrogen (secondary N) is 3. The van der Waals surface area contributed by atoms with Crippen molar-refractivity contribution >= 4 is 16.9 Å². The van der Waals surface area contributed by atoms with E-state index < -0.39 is 11.2 Å². The van der Waals surface area contributed by atoms with Crippen LogP contribution in [0, 0.1) is 18.4 Å². The third kappa shape index (κ3) is 3.49. The van der Waals surface area contributed by atoms with Crippen molar-refractivity contribution < 1.29 is 0 Å². The van der Waals surface area contributed by atoms with Gasteiger partial charge in [0, 0.05) is 11.3 Å². The van der Waals surface area contributed by atoms with Crippen LogP contribution in [0.1, 0.15) is 11.3 Å². The molecule has 0 saturated heterocycles. The third-order valence-corrected chi connectivity index (χ3v) is 2.64. The molecule has 90 valence electrons. The molecule has 1 rings (SSSR count). The number of aromatic amines is 2. The van der Waals surface area contributed by atoms with E-state index in [-0.39, 0.29) is 6.54 Å². The van der Waals surface area contributed by atoms with Gasteiger partial charge in [-0.1, -0.05) is 11.8 Å². The fourth-order valence-corrected chi connectivity index (χ4v) is 1.45. The minimum Gasteiger partial charge on any atom is -0.309 e. The summed E-state index contributed by atoms with van der Waals surface area (Å²) in [5, 5.41) is 11.3. The molecule has 7 nitrogen and oxygen atoms in total. The van der Waals surface area contributed by atoms with Crippen molar-refractivity contribution in [1.82, 2.24) is 15.3 Å². The Bertz CT molecular complexity index is 580. The van der Waals surface area contributed by atoms with E-state index in [0.717, 1.165) is 0 Å². The molecule has 0 aliphatic heterocycles. The van der Waals surface area contributed by atoms with Crippen molar-refractivity contribution in [2.75, 3.05) is 6.26 Å². The first-order valence-corrected chi connectivity index (χ1v) is 5.86. The zero-order chi connectivity index (χ0) is 12.8. The third-order valence-electron chi connectivity index (χ3n) is 2.02. The molecule has 0 spiro atoms. The number of hydrogen-bond acceptors (Lipinski definition) is 5. The number of aromatic nitrogens is 2. The Hall–Kier alpha value is -2.01. The maximum Gasteiger partial charge on any atom is 0.325 e. The van der Waals surface area contributed by atoms with Gasteiger partial charge in [-0.05, 0) is 13.2 Å². The summed E-state index contributed by atoms with van der Waals surface area (Å²) >= 11 is 1.27. The van der Waals surface area contributed by atoms with Gasteiger partial charge in [0.15, 0.2) is 11.4 Å². The number of thioether (sulfide) groups is 1. The molecule has 0 amide bonds. The molecule has 0 aromatic carbocycles. The largest absolute Gasteiger partial charge is 0.325 e. The number of hydrogen-bond donors (Lipinski definition) is 3. The predicted octanol–water partition coefficient (Wildman–Crippen LogP) is -0.339. The molecule has 0 radical (unpaired) electrons. The van der Waals surface area contributed by atoms with Crippen molar-refractivity contribution in [3.8, 4) is 6.19 Å². The van der Waals surface area contributed by atoms with Crippen LogP contribution in [0.2, 0.25) is 0 Å². The molecule has 0 bridgehead atoms. The van der Waals surface area contributed by atoms with Crippen LogP contribution < -0.4 is 16.6 Å². The van der Waals surface area contributed by atoms with Crippen LogP contribution in [0.4, 0.5) is 0 Å². The standard InChI is InChI=1S/C9H11N5O2S/c1-5-6(13-8(16)14-7(5)15)3-11-9(17-2)12-4-10/h3H2,1-2H3,(H,11,12)(H2,13,14,15,16). The second-order valence-electron chi connectivity index (χ2n) is 3.07. The molecule has 1 aromatic rings. The molecule has 0 fully saturated rings. The summed E-state index contributed by atoms with van der Waals surface area (Å²) in [5.41, 5.74) is -0.154. The van der Waals surface area contributed by atoms with Gasteiger partial charge >= 0.3 is 5.69 Å². The molecule has 17 heavy (non-hydrogen) atoms. The fourth-order valence-electron chi connectivity index (χ4n) is 1.11. The maximum absolute atomic E-state index is 11.3. The minimum atomic E-state index is -0.565. The highest BCUT2D eigenvalue weighted by molar-refractivity contribution is 8.13. The lowest BCUT2D eigenvalue weighted by atomic mass is 10.2. The van der Waals surface area contributed by atoms with E-state index in [1.165, 1.54) is 11.8 Å². The summed E-state index contributed by atoms with van der Waals surface area (Å²) in [6.45, 7) is 1.73. The number of aliphatic imine (C=N–C) groups is 1. The Balaban J connectivity index is 3.01. The molecular weight excluding hydrogens is 242 g/mol. The van der Waals surface area contributed by atoms with Crippen molar-refractivity contribution in [1.29, 1.82) is 5.26 Å². The molecule has 3 N–H and O–H groups in total. The Morgan fingerprint density at radius 3 is 2.82 bits per heavy atom. The molecule has 0 aliphatic carbocycles. The van der Waals surface area contributed by atoms with Gasteiger partial charge in [0.25, 0.3) is 5.56 Å². The van der Waals surface area contributed by atoms with Crippen molar-refractivity contribution in [2.45, 2.75) is 13.5 Å². The van der Waals surface area contributed by atoms with Crippen LogP contribution in [-0.4, -0.2) is 21.4 Å². The Labute approximate surface area is 101 Å². The summed E-state index contributed by atoms with van der Waals surface area (Å²) in [6.07, 6.45) is 3.51. The van der Waals surface area contributed by atoms with Crippen LogP contribution in [0.25, 0.3) is 0 Å². The van der Waals surface area contributed by atoms with E-state index in [0.29, 0.717) is 16.4 Å².